The van der Waals surface area contributed by atoms with E-state index >= 15 is 0 Å². The van der Waals surface area contributed by atoms with Crippen molar-refractivity contribution >= 4 is 17.7 Å². The molecule has 0 spiro atoms. The first kappa shape index (κ1) is 21.1. The molecule has 2 rings (SSSR count). The van der Waals surface area contributed by atoms with Crippen LogP contribution in [0, 0.1) is 5.92 Å². The molecule has 1 fully saturated rings. The molecule has 1 aromatic carbocycles. The Morgan fingerprint density at radius 3 is 1.81 bits per heavy atom. The fourth-order valence-corrected chi connectivity index (χ4v) is 2.78. The van der Waals surface area contributed by atoms with Crippen LogP contribution in [0.3, 0.4) is 0 Å². The summed E-state index contributed by atoms with van der Waals surface area (Å²) >= 11 is 0. The molecule has 1 aliphatic rings. The second-order valence-electron chi connectivity index (χ2n) is 7.32. The summed E-state index contributed by atoms with van der Waals surface area (Å²) in [5, 5.41) is 0. The highest BCUT2D eigenvalue weighted by molar-refractivity contribution is 6.06. The van der Waals surface area contributed by atoms with Crippen molar-refractivity contribution in [1.82, 2.24) is 0 Å². The number of esters is 2. The molecule has 0 radical (unpaired) electrons. The zero-order valence-corrected chi connectivity index (χ0v) is 16.6. The highest BCUT2D eigenvalue weighted by Gasteiger charge is 2.46. The SMILES string of the molecule is CCCCOC(=O)C(C)(C(=O)OCCCC)c1ccc(C(=O)C2CC2)cc1. The summed E-state index contributed by atoms with van der Waals surface area (Å²) in [5.41, 5.74) is -0.442. The lowest BCUT2D eigenvalue weighted by Crippen LogP contribution is -2.43. The summed E-state index contributed by atoms with van der Waals surface area (Å²) in [6.45, 7) is 6.08. The molecule has 0 atom stereocenters. The number of carbonyl (C=O) groups is 3. The molecule has 5 heteroatoms. The van der Waals surface area contributed by atoms with Crippen LogP contribution in [-0.2, 0) is 24.5 Å². The van der Waals surface area contributed by atoms with E-state index in [1.165, 1.54) is 6.92 Å². The molecule has 0 N–H and O–H groups in total. The first-order valence-corrected chi connectivity index (χ1v) is 9.94. The molecule has 0 aliphatic heterocycles. The van der Waals surface area contributed by atoms with Gasteiger partial charge in [-0.3, -0.25) is 14.4 Å². The second-order valence-corrected chi connectivity index (χ2v) is 7.32. The van der Waals surface area contributed by atoms with Gasteiger partial charge < -0.3 is 9.47 Å². The van der Waals surface area contributed by atoms with Crippen molar-refractivity contribution in [2.45, 2.75) is 64.7 Å². The zero-order valence-electron chi connectivity index (χ0n) is 16.6. The quantitative estimate of drug-likeness (QED) is 0.251. The predicted molar refractivity (Wildman–Crippen MR) is 103 cm³/mol. The largest absolute Gasteiger partial charge is 0.465 e. The van der Waals surface area contributed by atoms with Gasteiger partial charge in [0.05, 0.1) is 13.2 Å². The lowest BCUT2D eigenvalue weighted by atomic mass is 9.82. The Bertz CT molecular complexity index is 636. The van der Waals surface area contributed by atoms with E-state index in [1.54, 1.807) is 24.3 Å². The third-order valence-electron chi connectivity index (χ3n) is 4.97. The number of ether oxygens (including phenoxy) is 2. The Balaban J connectivity index is 2.22. The number of rotatable bonds is 11. The van der Waals surface area contributed by atoms with Gasteiger partial charge in [0.15, 0.2) is 11.2 Å². The number of unbranched alkanes of at least 4 members (excludes halogenated alkanes) is 2. The fourth-order valence-electron chi connectivity index (χ4n) is 2.78. The molecule has 1 aromatic rings. The first-order valence-electron chi connectivity index (χ1n) is 9.94. The summed E-state index contributed by atoms with van der Waals surface area (Å²) < 4.78 is 10.7. The van der Waals surface area contributed by atoms with Crippen molar-refractivity contribution in [3.8, 4) is 0 Å². The van der Waals surface area contributed by atoms with E-state index in [0.29, 0.717) is 11.1 Å². The first-order chi connectivity index (χ1) is 12.9. The van der Waals surface area contributed by atoms with E-state index < -0.39 is 17.4 Å². The third-order valence-corrected chi connectivity index (χ3v) is 4.97. The molecule has 0 heterocycles. The van der Waals surface area contributed by atoms with Crippen molar-refractivity contribution in [3.05, 3.63) is 35.4 Å². The van der Waals surface area contributed by atoms with Crippen molar-refractivity contribution in [1.29, 1.82) is 0 Å². The smallest absolute Gasteiger partial charge is 0.327 e. The van der Waals surface area contributed by atoms with Crippen LogP contribution in [0.4, 0.5) is 0 Å². The molecule has 0 amide bonds. The van der Waals surface area contributed by atoms with E-state index in [2.05, 4.69) is 0 Å². The second kappa shape index (κ2) is 9.67. The maximum Gasteiger partial charge on any atom is 0.327 e. The maximum absolute atomic E-state index is 12.8. The molecule has 148 valence electrons. The third kappa shape index (κ3) is 5.18. The summed E-state index contributed by atoms with van der Waals surface area (Å²) in [6, 6.07) is 6.70. The normalized spacial score (nSPS) is 13.9. The number of hydrogen-bond donors (Lipinski definition) is 0. The number of ketones is 1. The van der Waals surface area contributed by atoms with Gasteiger partial charge in [0.25, 0.3) is 0 Å². The summed E-state index contributed by atoms with van der Waals surface area (Å²) in [7, 11) is 0. The molecule has 0 saturated heterocycles. The van der Waals surface area contributed by atoms with Crippen molar-refractivity contribution in [3.63, 3.8) is 0 Å². The van der Waals surface area contributed by atoms with Crippen molar-refractivity contribution in [2.75, 3.05) is 13.2 Å². The van der Waals surface area contributed by atoms with Crippen LogP contribution in [0.1, 0.15) is 75.2 Å². The Morgan fingerprint density at radius 1 is 0.926 bits per heavy atom. The van der Waals surface area contributed by atoms with Crippen LogP contribution < -0.4 is 0 Å². The van der Waals surface area contributed by atoms with Crippen LogP contribution in [0.15, 0.2) is 24.3 Å². The summed E-state index contributed by atoms with van der Waals surface area (Å²) in [5.74, 6) is -0.975. The lowest BCUT2D eigenvalue weighted by molar-refractivity contribution is -0.164. The van der Waals surface area contributed by atoms with E-state index in [-0.39, 0.29) is 24.9 Å². The minimum Gasteiger partial charge on any atom is -0.465 e. The molecule has 0 bridgehead atoms. The summed E-state index contributed by atoms with van der Waals surface area (Å²) in [4.78, 5) is 37.7. The van der Waals surface area contributed by atoms with Gasteiger partial charge in [-0.25, -0.2) is 0 Å². The number of Topliss-reactive ketones (excluding diaryl/α,β-unsaturated/α-hetero) is 1. The van der Waals surface area contributed by atoms with Gasteiger partial charge >= 0.3 is 11.9 Å². The highest BCUT2D eigenvalue weighted by atomic mass is 16.6. The Morgan fingerprint density at radius 2 is 1.41 bits per heavy atom. The Hall–Kier alpha value is -2.17. The van der Waals surface area contributed by atoms with Crippen molar-refractivity contribution in [2.24, 2.45) is 5.92 Å². The molecule has 1 aliphatic carbocycles. The van der Waals surface area contributed by atoms with Gasteiger partial charge in [0.2, 0.25) is 0 Å². The van der Waals surface area contributed by atoms with Crippen LogP contribution >= 0.6 is 0 Å². The maximum atomic E-state index is 12.8. The van der Waals surface area contributed by atoms with Crippen LogP contribution in [0.5, 0.6) is 0 Å². The minimum atomic E-state index is -1.54. The Labute approximate surface area is 161 Å². The van der Waals surface area contributed by atoms with E-state index in [1.807, 2.05) is 13.8 Å². The molecule has 0 unspecified atom stereocenters. The topological polar surface area (TPSA) is 69.7 Å². The Kier molecular flexibility index (Phi) is 7.57. The van der Waals surface area contributed by atoms with E-state index in [0.717, 1.165) is 38.5 Å². The molecule has 5 nitrogen and oxygen atoms in total. The molecular weight excluding hydrogens is 344 g/mol. The van der Waals surface area contributed by atoms with Gasteiger partial charge in [-0.05, 0) is 38.2 Å². The van der Waals surface area contributed by atoms with Gasteiger partial charge in [-0.1, -0.05) is 51.0 Å². The summed E-state index contributed by atoms with van der Waals surface area (Å²) in [6.07, 6.45) is 5.13. The van der Waals surface area contributed by atoms with Crippen LogP contribution in [-0.4, -0.2) is 30.9 Å². The van der Waals surface area contributed by atoms with Crippen molar-refractivity contribution < 1.29 is 23.9 Å². The number of hydrogen-bond acceptors (Lipinski definition) is 5. The van der Waals surface area contributed by atoms with Gasteiger partial charge in [0, 0.05) is 11.5 Å². The standard InChI is InChI=1S/C22H30O5/c1-4-6-14-26-20(24)22(3,21(25)27-15-7-5-2)18-12-10-17(11-13-18)19(23)16-8-9-16/h10-13,16H,4-9,14-15H2,1-3H3. The highest BCUT2D eigenvalue weighted by Crippen LogP contribution is 2.34. The fraction of sp³-hybridized carbons (Fsp3) is 0.591. The van der Waals surface area contributed by atoms with E-state index in [4.69, 9.17) is 9.47 Å². The minimum absolute atomic E-state index is 0.124. The molecular formula is C22H30O5. The average molecular weight is 374 g/mol. The van der Waals surface area contributed by atoms with Crippen LogP contribution in [0.25, 0.3) is 0 Å². The van der Waals surface area contributed by atoms with Gasteiger partial charge in [0.1, 0.15) is 0 Å². The zero-order chi connectivity index (χ0) is 19.9. The predicted octanol–water partition coefficient (Wildman–Crippen LogP) is 4.22. The average Bonchev–Trinajstić information content (AvgIpc) is 3.52. The number of benzene rings is 1. The lowest BCUT2D eigenvalue weighted by Gasteiger charge is -2.26. The number of carbonyl (C=O) groups excluding carboxylic acids is 3. The molecule has 0 aromatic heterocycles. The van der Waals surface area contributed by atoms with E-state index in [9.17, 15) is 14.4 Å². The molecule has 27 heavy (non-hydrogen) atoms. The molecule has 1 saturated carbocycles. The van der Waals surface area contributed by atoms with Crippen LogP contribution in [0.2, 0.25) is 0 Å². The monoisotopic (exact) mass is 374 g/mol. The van der Waals surface area contributed by atoms with Gasteiger partial charge in [-0.15, -0.1) is 0 Å². The van der Waals surface area contributed by atoms with Gasteiger partial charge in [-0.2, -0.15) is 0 Å².